The second kappa shape index (κ2) is 9.75. The number of hydrogen-bond acceptors (Lipinski definition) is 3. The maximum Gasteiger partial charge on any atom is 0.225 e. The first-order valence-electron chi connectivity index (χ1n) is 7.83. The number of carbonyl (C=O) groups excluding carboxylic acids is 2. The van der Waals surface area contributed by atoms with E-state index in [9.17, 15) is 9.59 Å². The monoisotopic (exact) mass is 283 g/mol. The Bertz CT molecular complexity index is 287. The van der Waals surface area contributed by atoms with E-state index < -0.39 is 0 Å². The van der Waals surface area contributed by atoms with E-state index in [0.29, 0.717) is 0 Å². The topological polar surface area (TPSA) is 52.7 Å². The van der Waals surface area contributed by atoms with Gasteiger partial charge in [0, 0.05) is 38.6 Å². The summed E-state index contributed by atoms with van der Waals surface area (Å²) in [6, 6.07) is 0. The highest BCUT2D eigenvalue weighted by Gasteiger charge is 2.22. The molecule has 0 atom stereocenters. The normalized spacial score (nSPS) is 16.4. The average Bonchev–Trinajstić information content (AvgIpc) is 2.46. The summed E-state index contributed by atoms with van der Waals surface area (Å²) < 4.78 is 0. The van der Waals surface area contributed by atoms with Gasteiger partial charge in [-0.15, -0.1) is 0 Å². The van der Waals surface area contributed by atoms with Crippen LogP contribution in [0.2, 0.25) is 0 Å². The summed E-state index contributed by atoms with van der Waals surface area (Å²) in [5.74, 6) is 0.397. The molecule has 5 nitrogen and oxygen atoms in total. The van der Waals surface area contributed by atoms with Gasteiger partial charge in [-0.3, -0.25) is 14.5 Å². The Morgan fingerprint density at radius 1 is 1.10 bits per heavy atom. The van der Waals surface area contributed by atoms with Crippen LogP contribution in [0.4, 0.5) is 0 Å². The molecule has 1 saturated heterocycles. The van der Waals surface area contributed by atoms with Crippen LogP contribution in [0, 0.1) is 5.92 Å². The van der Waals surface area contributed by atoms with Crippen molar-refractivity contribution < 1.29 is 9.59 Å². The van der Waals surface area contributed by atoms with E-state index in [1.807, 2.05) is 18.7 Å². The van der Waals surface area contributed by atoms with Crippen LogP contribution in [-0.2, 0) is 9.59 Å². The van der Waals surface area contributed by atoms with Crippen molar-refractivity contribution >= 4 is 12.3 Å². The molecule has 0 saturated carbocycles. The van der Waals surface area contributed by atoms with Gasteiger partial charge < -0.3 is 10.2 Å². The molecule has 2 amide bonds. The molecule has 0 unspecified atom stereocenters. The fourth-order valence-electron chi connectivity index (χ4n) is 2.53. The molecule has 20 heavy (non-hydrogen) atoms. The van der Waals surface area contributed by atoms with Crippen molar-refractivity contribution in [2.75, 3.05) is 39.3 Å². The van der Waals surface area contributed by atoms with E-state index in [0.717, 1.165) is 52.1 Å². The summed E-state index contributed by atoms with van der Waals surface area (Å²) in [6.45, 7) is 9.61. The van der Waals surface area contributed by atoms with Crippen LogP contribution >= 0.6 is 0 Å². The molecule has 1 fully saturated rings. The van der Waals surface area contributed by atoms with E-state index in [4.69, 9.17) is 0 Å². The Morgan fingerprint density at radius 2 is 1.75 bits per heavy atom. The molecule has 1 rings (SSSR count). The lowest BCUT2D eigenvalue weighted by molar-refractivity contribution is -0.136. The largest absolute Gasteiger partial charge is 0.359 e. The molecule has 1 N–H and O–H groups in total. The molecule has 0 aromatic rings. The van der Waals surface area contributed by atoms with Gasteiger partial charge in [-0.1, -0.05) is 26.7 Å². The first-order valence-corrected chi connectivity index (χ1v) is 7.83. The molecular formula is C15H29N3O2. The highest BCUT2D eigenvalue weighted by molar-refractivity contribution is 5.78. The Kier molecular flexibility index (Phi) is 8.26. The molecule has 0 spiro atoms. The van der Waals surface area contributed by atoms with Crippen molar-refractivity contribution in [2.45, 2.75) is 39.5 Å². The molecule has 1 aliphatic rings. The zero-order valence-electron chi connectivity index (χ0n) is 12.9. The van der Waals surface area contributed by atoms with Crippen LogP contribution in [0.25, 0.3) is 0 Å². The molecule has 0 aromatic heterocycles. The minimum atomic E-state index is 0.113. The van der Waals surface area contributed by atoms with E-state index in [1.54, 1.807) is 0 Å². The van der Waals surface area contributed by atoms with Crippen LogP contribution in [0.1, 0.15) is 39.5 Å². The molecule has 1 heterocycles. The third-order valence-corrected chi connectivity index (χ3v) is 3.81. The Labute approximate surface area is 122 Å². The van der Waals surface area contributed by atoms with E-state index in [1.165, 1.54) is 19.3 Å². The van der Waals surface area contributed by atoms with Crippen molar-refractivity contribution in [3.8, 4) is 0 Å². The SMILES string of the molecule is CC(C)C(=O)N1CCN(CCCCCCNC=O)CC1. The lowest BCUT2D eigenvalue weighted by Gasteiger charge is -2.35. The van der Waals surface area contributed by atoms with Gasteiger partial charge >= 0.3 is 0 Å². The lowest BCUT2D eigenvalue weighted by atomic mass is 10.1. The fourth-order valence-corrected chi connectivity index (χ4v) is 2.53. The number of unbranched alkanes of at least 4 members (excludes halogenated alkanes) is 3. The molecular weight excluding hydrogens is 254 g/mol. The predicted molar refractivity (Wildman–Crippen MR) is 80.4 cm³/mol. The highest BCUT2D eigenvalue weighted by atomic mass is 16.2. The fraction of sp³-hybridized carbons (Fsp3) is 0.867. The summed E-state index contributed by atoms with van der Waals surface area (Å²) in [4.78, 5) is 26.4. The van der Waals surface area contributed by atoms with Gasteiger partial charge in [0.15, 0.2) is 0 Å². The van der Waals surface area contributed by atoms with Crippen LogP contribution in [0.5, 0.6) is 0 Å². The van der Waals surface area contributed by atoms with E-state index >= 15 is 0 Å². The standard InChI is InChI=1S/C15H29N3O2/c1-14(2)15(20)18-11-9-17(10-12-18)8-6-4-3-5-7-16-13-19/h13-14H,3-12H2,1-2H3,(H,16,19). The first kappa shape index (κ1) is 17.0. The summed E-state index contributed by atoms with van der Waals surface area (Å²) in [5.41, 5.74) is 0. The molecule has 0 aromatic carbocycles. The highest BCUT2D eigenvalue weighted by Crippen LogP contribution is 2.08. The number of rotatable bonds is 9. The first-order chi connectivity index (χ1) is 9.65. The van der Waals surface area contributed by atoms with Gasteiger partial charge in [0.05, 0.1) is 0 Å². The summed E-state index contributed by atoms with van der Waals surface area (Å²) in [6.07, 6.45) is 5.42. The van der Waals surface area contributed by atoms with Crippen molar-refractivity contribution in [1.82, 2.24) is 15.1 Å². The summed E-state index contributed by atoms with van der Waals surface area (Å²) in [7, 11) is 0. The van der Waals surface area contributed by atoms with Crippen molar-refractivity contribution in [3.05, 3.63) is 0 Å². The molecule has 1 aliphatic heterocycles. The number of nitrogens with zero attached hydrogens (tertiary/aromatic N) is 2. The molecule has 0 aliphatic carbocycles. The quantitative estimate of drug-likeness (QED) is 0.509. The number of nitrogens with one attached hydrogen (secondary N) is 1. The second-order valence-electron chi connectivity index (χ2n) is 5.81. The zero-order valence-corrected chi connectivity index (χ0v) is 12.9. The van der Waals surface area contributed by atoms with Crippen molar-refractivity contribution in [2.24, 2.45) is 5.92 Å². The molecule has 116 valence electrons. The maximum absolute atomic E-state index is 11.9. The molecule has 5 heteroatoms. The smallest absolute Gasteiger partial charge is 0.225 e. The average molecular weight is 283 g/mol. The molecule has 0 bridgehead atoms. The summed E-state index contributed by atoms with van der Waals surface area (Å²) >= 11 is 0. The number of hydrogen-bond donors (Lipinski definition) is 1. The number of piperazine rings is 1. The second-order valence-corrected chi connectivity index (χ2v) is 5.81. The Hall–Kier alpha value is -1.10. The van der Waals surface area contributed by atoms with Gasteiger partial charge in [-0.25, -0.2) is 0 Å². The van der Waals surface area contributed by atoms with Crippen LogP contribution in [0.3, 0.4) is 0 Å². The number of carbonyl (C=O) groups is 2. The van der Waals surface area contributed by atoms with Crippen LogP contribution < -0.4 is 5.32 Å². The maximum atomic E-state index is 11.9. The Balaban J connectivity index is 2.02. The third kappa shape index (κ3) is 6.37. The number of amides is 2. The van der Waals surface area contributed by atoms with Crippen molar-refractivity contribution in [1.29, 1.82) is 0 Å². The molecule has 0 radical (unpaired) electrons. The minimum absolute atomic E-state index is 0.113. The van der Waals surface area contributed by atoms with E-state index in [2.05, 4.69) is 10.2 Å². The van der Waals surface area contributed by atoms with Gasteiger partial charge in [-0.2, -0.15) is 0 Å². The van der Waals surface area contributed by atoms with Crippen molar-refractivity contribution in [3.63, 3.8) is 0 Å². The summed E-state index contributed by atoms with van der Waals surface area (Å²) in [5, 5.41) is 2.68. The van der Waals surface area contributed by atoms with Crippen LogP contribution in [-0.4, -0.2) is 61.4 Å². The van der Waals surface area contributed by atoms with Gasteiger partial charge in [0.25, 0.3) is 0 Å². The third-order valence-electron chi connectivity index (χ3n) is 3.81. The van der Waals surface area contributed by atoms with Gasteiger partial charge in [-0.05, 0) is 19.4 Å². The van der Waals surface area contributed by atoms with Gasteiger partial charge in [0.2, 0.25) is 12.3 Å². The lowest BCUT2D eigenvalue weighted by Crippen LogP contribution is -2.49. The predicted octanol–water partition coefficient (Wildman–Crippen LogP) is 1.09. The Morgan fingerprint density at radius 3 is 2.35 bits per heavy atom. The van der Waals surface area contributed by atoms with E-state index in [-0.39, 0.29) is 11.8 Å². The van der Waals surface area contributed by atoms with Crippen LogP contribution in [0.15, 0.2) is 0 Å². The van der Waals surface area contributed by atoms with Gasteiger partial charge in [0.1, 0.15) is 0 Å². The zero-order chi connectivity index (χ0) is 14.8. The minimum Gasteiger partial charge on any atom is -0.359 e.